The van der Waals surface area contributed by atoms with E-state index in [4.69, 9.17) is 20.5 Å². The number of nitrogens with two attached hydrogens (primary N) is 1. The minimum absolute atomic E-state index is 0.0276. The second-order valence-electron chi connectivity index (χ2n) is 7.97. The number of methoxy groups -OCH3 is 1. The molecule has 192 valence electrons. The first-order valence-electron chi connectivity index (χ1n) is 11.1. The Hall–Kier alpha value is -5.73. The van der Waals surface area contributed by atoms with Gasteiger partial charge in [0.2, 0.25) is 0 Å². The second kappa shape index (κ2) is 10.7. The van der Waals surface area contributed by atoms with Gasteiger partial charge in [0.05, 0.1) is 35.6 Å². The summed E-state index contributed by atoms with van der Waals surface area (Å²) in [5.41, 5.74) is 5.71. The number of hydrogen-bond acceptors (Lipinski definition) is 7. The molecule has 2 N–H and O–H groups in total. The van der Waals surface area contributed by atoms with Crippen LogP contribution in [0.3, 0.4) is 0 Å². The van der Waals surface area contributed by atoms with Gasteiger partial charge in [0, 0.05) is 0 Å². The molecule has 0 aliphatic carbocycles. The number of nitrogens with zero attached hydrogens (tertiary/aromatic N) is 5. The van der Waals surface area contributed by atoms with Crippen molar-refractivity contribution in [1.29, 1.82) is 15.8 Å². The number of hydrogen-bond donors (Lipinski definition) is 1. The number of alkyl halides is 3. The molecule has 8 nitrogen and oxygen atoms in total. The number of nitrogen functional groups attached to an aromatic ring is 1. The van der Waals surface area contributed by atoms with Crippen LogP contribution < -0.4 is 15.2 Å². The first kappa shape index (κ1) is 26.3. The van der Waals surface area contributed by atoms with Crippen LogP contribution in [0.15, 0.2) is 66.7 Å². The van der Waals surface area contributed by atoms with E-state index in [2.05, 4.69) is 5.10 Å². The molecule has 0 atom stereocenters. The Morgan fingerprint density at radius 1 is 0.974 bits per heavy atom. The Kier molecular flexibility index (Phi) is 7.23. The normalized spacial score (nSPS) is 11.3. The van der Waals surface area contributed by atoms with Gasteiger partial charge < -0.3 is 15.2 Å². The molecule has 4 aromatic rings. The van der Waals surface area contributed by atoms with E-state index in [0.29, 0.717) is 11.3 Å². The number of ether oxygens (including phenoxy) is 2. The van der Waals surface area contributed by atoms with Gasteiger partial charge in [0.1, 0.15) is 35.0 Å². The quantitative estimate of drug-likeness (QED) is 0.301. The van der Waals surface area contributed by atoms with Gasteiger partial charge in [-0.3, -0.25) is 0 Å². The summed E-state index contributed by atoms with van der Waals surface area (Å²) in [6.45, 7) is 0. The lowest BCUT2D eigenvalue weighted by Crippen LogP contribution is -2.08. The fourth-order valence-electron chi connectivity index (χ4n) is 3.72. The van der Waals surface area contributed by atoms with Crippen LogP contribution in [0.25, 0.3) is 17.3 Å². The fourth-order valence-corrected chi connectivity index (χ4v) is 3.72. The molecule has 0 saturated heterocycles. The summed E-state index contributed by atoms with van der Waals surface area (Å²) in [5, 5.41) is 32.9. The van der Waals surface area contributed by atoms with Crippen LogP contribution in [0.1, 0.15) is 27.9 Å². The number of allylic oxidation sites excluding steroid dienone is 1. The van der Waals surface area contributed by atoms with Gasteiger partial charge in [-0.05, 0) is 54.1 Å². The van der Waals surface area contributed by atoms with E-state index in [-0.39, 0.29) is 39.9 Å². The van der Waals surface area contributed by atoms with Crippen molar-refractivity contribution in [1.82, 2.24) is 9.78 Å². The zero-order chi connectivity index (χ0) is 28.2. The van der Waals surface area contributed by atoms with Crippen LogP contribution in [0, 0.1) is 34.0 Å². The summed E-state index contributed by atoms with van der Waals surface area (Å²) in [5.74, 6) is 0.179. The van der Waals surface area contributed by atoms with Crippen LogP contribution in [-0.2, 0) is 6.18 Å². The molecule has 0 saturated carbocycles. The molecule has 0 aliphatic heterocycles. The summed E-state index contributed by atoms with van der Waals surface area (Å²) in [7, 11) is 1.34. The van der Waals surface area contributed by atoms with E-state index in [9.17, 15) is 23.7 Å². The maximum atomic E-state index is 13.3. The molecular formula is C28H17F3N6O2. The fraction of sp³-hybridized carbons (Fsp3) is 0.0714. The van der Waals surface area contributed by atoms with Crippen molar-refractivity contribution in [3.8, 4) is 41.1 Å². The molecule has 11 heteroatoms. The molecule has 0 amide bonds. The highest BCUT2D eigenvalue weighted by molar-refractivity contribution is 5.91. The molecule has 1 aromatic heterocycles. The maximum absolute atomic E-state index is 13.3. The monoisotopic (exact) mass is 526 g/mol. The second-order valence-corrected chi connectivity index (χ2v) is 7.97. The van der Waals surface area contributed by atoms with Crippen LogP contribution in [0.2, 0.25) is 0 Å². The highest BCUT2D eigenvalue weighted by atomic mass is 19.4. The Bertz CT molecular complexity index is 1700. The van der Waals surface area contributed by atoms with Gasteiger partial charge in [-0.1, -0.05) is 24.3 Å². The average molecular weight is 526 g/mol. The lowest BCUT2D eigenvalue weighted by molar-refractivity contribution is -0.137. The predicted octanol–water partition coefficient (Wildman–Crippen LogP) is 6.08. The van der Waals surface area contributed by atoms with Crippen molar-refractivity contribution in [3.63, 3.8) is 0 Å². The minimum Gasteiger partial charge on any atom is -0.493 e. The van der Waals surface area contributed by atoms with Crippen LogP contribution in [0.5, 0.6) is 17.2 Å². The summed E-state index contributed by atoms with van der Waals surface area (Å²) in [6.07, 6.45) is -3.27. The topological polar surface area (TPSA) is 134 Å². The lowest BCUT2D eigenvalue weighted by Gasteiger charge is -2.14. The molecule has 0 bridgehead atoms. The Morgan fingerprint density at radius 3 is 2.33 bits per heavy atom. The molecule has 0 aliphatic rings. The van der Waals surface area contributed by atoms with Gasteiger partial charge in [0.15, 0.2) is 11.5 Å². The summed E-state index contributed by atoms with van der Waals surface area (Å²) in [4.78, 5) is 0. The molecule has 4 rings (SSSR count). The zero-order valence-electron chi connectivity index (χ0n) is 20.2. The van der Waals surface area contributed by atoms with Gasteiger partial charge in [-0.15, -0.1) is 0 Å². The smallest absolute Gasteiger partial charge is 0.417 e. The van der Waals surface area contributed by atoms with Gasteiger partial charge in [-0.25, -0.2) is 4.68 Å². The Morgan fingerprint density at radius 2 is 1.72 bits per heavy atom. The third-order valence-electron chi connectivity index (χ3n) is 5.55. The van der Waals surface area contributed by atoms with E-state index in [1.807, 2.05) is 18.2 Å². The van der Waals surface area contributed by atoms with Gasteiger partial charge in [-0.2, -0.15) is 34.1 Å². The zero-order valence-corrected chi connectivity index (χ0v) is 20.2. The van der Waals surface area contributed by atoms with E-state index >= 15 is 0 Å². The number of aromatic nitrogens is 2. The SMILES string of the molecule is COc1cc(/C=C(\C#N)c2nn(-c3ccccc3)c(N)c2C#N)ccc1Oc1ccc(C#N)c(C(F)(F)F)c1. The molecule has 0 spiro atoms. The lowest BCUT2D eigenvalue weighted by atomic mass is 10.1. The molecule has 1 heterocycles. The predicted molar refractivity (Wildman–Crippen MR) is 135 cm³/mol. The number of benzene rings is 3. The van der Waals surface area contributed by atoms with Crippen molar-refractivity contribution in [3.05, 3.63) is 94.7 Å². The van der Waals surface area contributed by atoms with Crippen LogP contribution in [0.4, 0.5) is 19.0 Å². The molecule has 0 radical (unpaired) electrons. The van der Waals surface area contributed by atoms with E-state index in [1.165, 1.54) is 42.1 Å². The molecule has 0 unspecified atom stereocenters. The summed E-state index contributed by atoms with van der Waals surface area (Å²) < 4.78 is 52.3. The van der Waals surface area contributed by atoms with Crippen molar-refractivity contribution in [2.75, 3.05) is 12.8 Å². The Balaban J connectivity index is 1.71. The third-order valence-corrected chi connectivity index (χ3v) is 5.55. The standard InChI is InChI=1S/C28H17F3N6O2/c1-38-25-12-17(7-10-24(25)39-21-9-8-18(14-32)23(13-21)28(29,30)31)11-19(15-33)26-22(16-34)27(35)37(36-26)20-5-3-2-4-6-20/h2-13H,35H2,1H3/b19-11+. The number of para-hydroxylation sites is 1. The largest absolute Gasteiger partial charge is 0.493 e. The van der Waals surface area contributed by atoms with Crippen molar-refractivity contribution < 1.29 is 22.6 Å². The van der Waals surface area contributed by atoms with Crippen LogP contribution in [-0.4, -0.2) is 16.9 Å². The minimum atomic E-state index is -4.74. The van der Waals surface area contributed by atoms with Crippen molar-refractivity contribution >= 4 is 17.5 Å². The molecule has 0 fully saturated rings. The molecular weight excluding hydrogens is 509 g/mol. The number of rotatable bonds is 6. The first-order valence-corrected chi connectivity index (χ1v) is 11.1. The summed E-state index contributed by atoms with van der Waals surface area (Å²) >= 11 is 0. The van der Waals surface area contributed by atoms with E-state index in [1.54, 1.807) is 30.3 Å². The third kappa shape index (κ3) is 5.36. The number of halogens is 3. The van der Waals surface area contributed by atoms with Crippen LogP contribution >= 0.6 is 0 Å². The van der Waals surface area contributed by atoms with Gasteiger partial charge >= 0.3 is 6.18 Å². The highest BCUT2D eigenvalue weighted by Gasteiger charge is 2.34. The van der Waals surface area contributed by atoms with E-state index < -0.39 is 17.3 Å². The molecule has 3 aromatic carbocycles. The van der Waals surface area contributed by atoms with E-state index in [0.717, 1.165) is 12.1 Å². The number of anilines is 1. The van der Waals surface area contributed by atoms with Gasteiger partial charge in [0.25, 0.3) is 0 Å². The Labute approximate surface area is 220 Å². The maximum Gasteiger partial charge on any atom is 0.417 e. The first-order chi connectivity index (χ1) is 18.7. The average Bonchev–Trinajstić information content (AvgIpc) is 3.28. The number of nitriles is 3. The highest BCUT2D eigenvalue weighted by Crippen LogP contribution is 2.38. The van der Waals surface area contributed by atoms with Crippen molar-refractivity contribution in [2.45, 2.75) is 6.18 Å². The van der Waals surface area contributed by atoms with Crippen molar-refractivity contribution in [2.24, 2.45) is 0 Å². The summed E-state index contributed by atoms with van der Waals surface area (Å²) in [6, 6.07) is 21.9. The molecule has 39 heavy (non-hydrogen) atoms.